The van der Waals surface area contributed by atoms with Crippen LogP contribution in [0.15, 0.2) is 28.1 Å². The van der Waals surface area contributed by atoms with Gasteiger partial charge in [-0.15, -0.1) is 0 Å². The molecule has 0 saturated carbocycles. The summed E-state index contributed by atoms with van der Waals surface area (Å²) in [5, 5.41) is 4.99. The fourth-order valence-electron chi connectivity index (χ4n) is 1.72. The maximum Gasteiger partial charge on any atom is 0.273 e. The van der Waals surface area contributed by atoms with Crippen molar-refractivity contribution in [2.24, 2.45) is 4.99 Å². The average Bonchev–Trinajstić information content (AvgIpc) is 2.88. The van der Waals surface area contributed by atoms with Crippen molar-refractivity contribution in [3.05, 3.63) is 39.8 Å². The maximum absolute atomic E-state index is 11.5. The Morgan fingerprint density at radius 3 is 3.00 bits per heavy atom. The van der Waals surface area contributed by atoms with E-state index in [-0.39, 0.29) is 5.56 Å². The van der Waals surface area contributed by atoms with Gasteiger partial charge in [0.1, 0.15) is 5.82 Å². The quantitative estimate of drug-likeness (QED) is 0.675. The second-order valence-corrected chi connectivity index (χ2v) is 3.64. The summed E-state index contributed by atoms with van der Waals surface area (Å²) in [5.41, 5.74) is 7.52. The number of nitrogen functional groups attached to an aromatic ring is 1. The standard InChI is InChI=1S/C11H9N5O/c12-9-8(11(17)16-15-9)4-6-5-14-10-7(6)2-1-3-13-10/h1-5H,(H4,12,15,16,17). The van der Waals surface area contributed by atoms with E-state index in [1.165, 1.54) is 0 Å². The molecule has 6 heteroatoms. The molecule has 0 aromatic carbocycles. The number of aromatic amines is 2. The molecular formula is C11H9N5O. The molecule has 1 aliphatic rings. The number of allylic oxidation sites excluding steroid dienone is 1. The van der Waals surface area contributed by atoms with E-state index in [1.807, 2.05) is 12.1 Å². The van der Waals surface area contributed by atoms with Gasteiger partial charge in [-0.1, -0.05) is 0 Å². The molecule has 84 valence electrons. The lowest BCUT2D eigenvalue weighted by atomic mass is 10.1. The number of aromatic nitrogens is 3. The van der Waals surface area contributed by atoms with E-state index in [0.29, 0.717) is 17.2 Å². The molecule has 0 amide bonds. The number of H-pyrrole nitrogens is 2. The topological polar surface area (TPSA) is 99.9 Å². The van der Waals surface area contributed by atoms with Crippen molar-refractivity contribution in [3.63, 3.8) is 0 Å². The molecule has 3 rings (SSSR count). The Labute approximate surface area is 95.9 Å². The Kier molecular flexibility index (Phi) is 1.94. The molecule has 0 bridgehead atoms. The molecule has 17 heavy (non-hydrogen) atoms. The molecule has 4 N–H and O–H groups in total. The monoisotopic (exact) mass is 227 g/mol. The van der Waals surface area contributed by atoms with Gasteiger partial charge in [-0.25, -0.2) is 9.98 Å². The first kappa shape index (κ1) is 9.59. The van der Waals surface area contributed by atoms with Crippen LogP contribution in [-0.2, 0) is 0 Å². The first-order chi connectivity index (χ1) is 8.25. The Bertz CT molecular complexity index is 692. The molecular weight excluding hydrogens is 218 g/mol. The summed E-state index contributed by atoms with van der Waals surface area (Å²) < 4.78 is 0. The number of aliphatic imine (C=N–C) groups is 1. The lowest BCUT2D eigenvalue weighted by molar-refractivity contribution is 1.06. The largest absolute Gasteiger partial charge is 0.384 e. The smallest absolute Gasteiger partial charge is 0.273 e. The summed E-state index contributed by atoms with van der Waals surface area (Å²) in [6.07, 6.45) is 5.04. The molecule has 0 fully saturated rings. The minimum Gasteiger partial charge on any atom is -0.384 e. The van der Waals surface area contributed by atoms with Crippen LogP contribution in [0.1, 0.15) is 11.1 Å². The van der Waals surface area contributed by atoms with Gasteiger partial charge in [-0.2, -0.15) is 0 Å². The van der Waals surface area contributed by atoms with E-state index >= 15 is 0 Å². The van der Waals surface area contributed by atoms with Crippen molar-refractivity contribution in [1.82, 2.24) is 15.2 Å². The molecule has 1 aliphatic heterocycles. The van der Waals surface area contributed by atoms with E-state index in [0.717, 1.165) is 11.1 Å². The Morgan fingerprint density at radius 1 is 1.35 bits per heavy atom. The molecule has 0 saturated heterocycles. The first-order valence-electron chi connectivity index (χ1n) is 5.03. The Morgan fingerprint density at radius 2 is 2.24 bits per heavy atom. The van der Waals surface area contributed by atoms with Gasteiger partial charge in [0.15, 0.2) is 5.82 Å². The molecule has 0 atom stereocenters. The fourth-order valence-corrected chi connectivity index (χ4v) is 1.72. The summed E-state index contributed by atoms with van der Waals surface area (Å²) in [7, 11) is 0. The molecule has 0 unspecified atom stereocenters. The van der Waals surface area contributed by atoms with E-state index in [9.17, 15) is 4.79 Å². The second kappa shape index (κ2) is 3.44. The third-order valence-electron chi connectivity index (χ3n) is 2.57. The van der Waals surface area contributed by atoms with Crippen LogP contribution in [0, 0.1) is 0 Å². The zero-order valence-corrected chi connectivity index (χ0v) is 8.77. The van der Waals surface area contributed by atoms with E-state index in [2.05, 4.69) is 20.2 Å². The number of fused-ring (bicyclic) bond motifs is 1. The van der Waals surface area contributed by atoms with Crippen molar-refractivity contribution in [2.45, 2.75) is 0 Å². The highest BCUT2D eigenvalue weighted by Gasteiger charge is 2.14. The summed E-state index contributed by atoms with van der Waals surface area (Å²) in [4.78, 5) is 19.7. The van der Waals surface area contributed by atoms with E-state index in [4.69, 9.17) is 5.73 Å². The number of nitrogens with two attached hydrogens (primary N) is 1. The number of nitrogens with one attached hydrogen (secondary N) is 2. The number of rotatable bonds is 1. The van der Waals surface area contributed by atoms with E-state index < -0.39 is 0 Å². The van der Waals surface area contributed by atoms with Crippen LogP contribution in [0.25, 0.3) is 11.6 Å². The minimum absolute atomic E-state index is 0.249. The predicted molar refractivity (Wildman–Crippen MR) is 66.1 cm³/mol. The van der Waals surface area contributed by atoms with Gasteiger partial charge in [0.2, 0.25) is 0 Å². The van der Waals surface area contributed by atoms with Gasteiger partial charge in [0, 0.05) is 23.5 Å². The summed E-state index contributed by atoms with van der Waals surface area (Å²) >= 11 is 0. The van der Waals surface area contributed by atoms with Gasteiger partial charge >= 0.3 is 0 Å². The highest BCUT2D eigenvalue weighted by atomic mass is 16.1. The summed E-state index contributed by atoms with van der Waals surface area (Å²) in [6.45, 7) is 0. The minimum atomic E-state index is -0.249. The predicted octanol–water partition coefficient (Wildman–Crippen LogP) is 0.937. The number of nitrogens with zero attached hydrogens (tertiary/aromatic N) is 2. The van der Waals surface area contributed by atoms with Crippen molar-refractivity contribution < 1.29 is 0 Å². The third-order valence-corrected chi connectivity index (χ3v) is 2.57. The molecule has 0 aliphatic carbocycles. The van der Waals surface area contributed by atoms with Crippen LogP contribution in [-0.4, -0.2) is 21.4 Å². The van der Waals surface area contributed by atoms with Crippen LogP contribution in [0.5, 0.6) is 0 Å². The zero-order chi connectivity index (χ0) is 11.8. The maximum atomic E-state index is 11.5. The van der Waals surface area contributed by atoms with Crippen molar-refractivity contribution >= 4 is 29.5 Å². The van der Waals surface area contributed by atoms with Crippen LogP contribution < -0.4 is 11.3 Å². The van der Waals surface area contributed by atoms with Crippen molar-refractivity contribution in [2.75, 3.05) is 5.73 Å². The normalized spacial score (nSPS) is 15.4. The van der Waals surface area contributed by atoms with E-state index in [1.54, 1.807) is 18.5 Å². The highest BCUT2D eigenvalue weighted by molar-refractivity contribution is 6.21. The first-order valence-corrected chi connectivity index (χ1v) is 5.03. The molecule has 0 spiro atoms. The lowest BCUT2D eigenvalue weighted by Crippen LogP contribution is -2.02. The number of hydrogen-bond donors (Lipinski definition) is 3. The molecule has 6 nitrogen and oxygen atoms in total. The second-order valence-electron chi connectivity index (χ2n) is 3.64. The molecule has 2 aromatic heterocycles. The van der Waals surface area contributed by atoms with Crippen LogP contribution >= 0.6 is 0 Å². The van der Waals surface area contributed by atoms with Crippen molar-refractivity contribution in [3.8, 4) is 0 Å². The molecule has 0 radical (unpaired) electrons. The fraction of sp³-hybridized carbons (Fsp3) is 0. The van der Waals surface area contributed by atoms with Gasteiger partial charge in [0.05, 0.1) is 5.56 Å². The van der Waals surface area contributed by atoms with Gasteiger partial charge in [-0.3, -0.25) is 15.0 Å². The van der Waals surface area contributed by atoms with Crippen LogP contribution in [0.3, 0.4) is 0 Å². The third kappa shape index (κ3) is 1.46. The number of pyridine rings is 1. The number of hydrogen-bond acceptors (Lipinski definition) is 4. The lowest BCUT2D eigenvalue weighted by Gasteiger charge is -1.97. The highest BCUT2D eigenvalue weighted by Crippen LogP contribution is 2.30. The zero-order valence-electron chi connectivity index (χ0n) is 8.77. The summed E-state index contributed by atoms with van der Waals surface area (Å²) in [6, 6.07) is 3.73. The SMILES string of the molecule is Nc1[nH][nH]c(=O)c1C=C1C=Nc2ncccc21. The molecule has 2 aromatic rings. The summed E-state index contributed by atoms with van der Waals surface area (Å²) in [5.74, 6) is 0.970. The van der Waals surface area contributed by atoms with Gasteiger partial charge in [0.25, 0.3) is 5.56 Å². The average molecular weight is 227 g/mol. The number of anilines is 1. The Balaban J connectivity index is 2.15. The van der Waals surface area contributed by atoms with Crippen LogP contribution in [0.2, 0.25) is 0 Å². The van der Waals surface area contributed by atoms with Gasteiger partial charge in [-0.05, 0) is 18.2 Å². The molecule has 3 heterocycles. The van der Waals surface area contributed by atoms with Crippen molar-refractivity contribution in [1.29, 1.82) is 0 Å². The van der Waals surface area contributed by atoms with Gasteiger partial charge < -0.3 is 5.73 Å². The van der Waals surface area contributed by atoms with Crippen LogP contribution in [0.4, 0.5) is 11.6 Å². The Hall–Kier alpha value is -2.63.